The van der Waals surface area contributed by atoms with Crippen LogP contribution in [0.1, 0.15) is 30.4 Å². The fourth-order valence-electron chi connectivity index (χ4n) is 5.88. The van der Waals surface area contributed by atoms with Gasteiger partial charge < -0.3 is 14.7 Å². The summed E-state index contributed by atoms with van der Waals surface area (Å²) in [6.07, 6.45) is 6.52. The zero-order valence-electron chi connectivity index (χ0n) is 20.5. The van der Waals surface area contributed by atoms with E-state index in [1.54, 1.807) is 4.90 Å². The zero-order valence-corrected chi connectivity index (χ0v) is 21.3. The van der Waals surface area contributed by atoms with Crippen LogP contribution in [0.4, 0.5) is 11.5 Å². The summed E-state index contributed by atoms with van der Waals surface area (Å²) < 4.78 is 23.4. The van der Waals surface area contributed by atoms with Crippen molar-refractivity contribution in [2.75, 3.05) is 50.1 Å². The molecule has 2 aliphatic heterocycles. The molecule has 0 radical (unpaired) electrons. The van der Waals surface area contributed by atoms with Gasteiger partial charge in [0.2, 0.25) is 17.2 Å². The number of hydrogen-bond acceptors (Lipinski definition) is 6. The number of carbonyl (C=O) groups excluding carboxylic acids is 1. The third kappa shape index (κ3) is 3.71. The Morgan fingerprint density at radius 3 is 2.53 bits per heavy atom. The molecule has 1 unspecified atom stereocenters. The van der Waals surface area contributed by atoms with Crippen LogP contribution in [0, 0.1) is 0 Å². The van der Waals surface area contributed by atoms with E-state index in [-0.39, 0.29) is 12.5 Å². The van der Waals surface area contributed by atoms with E-state index in [9.17, 15) is 13.6 Å². The quantitative estimate of drug-likeness (QED) is 0.513. The summed E-state index contributed by atoms with van der Waals surface area (Å²) in [5, 5.41) is 1.02. The maximum atomic E-state index is 13.2. The third-order valence-electron chi connectivity index (χ3n) is 8.07. The van der Waals surface area contributed by atoms with Crippen molar-refractivity contribution in [3.63, 3.8) is 0 Å². The standard InChI is InChI=1S/C26H30N6O3S/c1-30-8-10-32(11-9-30)24-19(15-29-36(34)35)12-18(14-28-24)17-4-5-21-20(13-17)23-22(16-27-21)31(2)25(33)26(23)6-3-7-26/h4-5,12-14,16,29H,3,6-11,15H2,1-2H3,(H,34,35). The molecule has 36 heavy (non-hydrogen) atoms. The predicted molar refractivity (Wildman–Crippen MR) is 141 cm³/mol. The van der Waals surface area contributed by atoms with Crippen LogP contribution in [0.15, 0.2) is 36.7 Å². The number of hydrogen-bond donors (Lipinski definition) is 2. The van der Waals surface area contributed by atoms with Crippen molar-refractivity contribution >= 4 is 39.6 Å². The first-order chi connectivity index (χ1) is 17.4. The topological polar surface area (TPSA) is 102 Å². The van der Waals surface area contributed by atoms with E-state index in [1.165, 1.54) is 0 Å². The van der Waals surface area contributed by atoms with Crippen molar-refractivity contribution in [1.29, 1.82) is 0 Å². The fourth-order valence-corrected chi connectivity index (χ4v) is 6.16. The highest BCUT2D eigenvalue weighted by Crippen LogP contribution is 2.55. The van der Waals surface area contributed by atoms with Crippen molar-refractivity contribution in [2.45, 2.75) is 31.2 Å². The Kier molecular flexibility index (Phi) is 5.79. The van der Waals surface area contributed by atoms with Gasteiger partial charge >= 0.3 is 0 Å². The van der Waals surface area contributed by atoms with Gasteiger partial charge in [-0.2, -0.15) is 0 Å². The Balaban J connectivity index is 1.43. The second-order valence-electron chi connectivity index (χ2n) is 10.1. The average Bonchev–Trinajstić information content (AvgIpc) is 3.10. The summed E-state index contributed by atoms with van der Waals surface area (Å²) in [5.74, 6) is 1.01. The molecule has 1 saturated carbocycles. The van der Waals surface area contributed by atoms with Gasteiger partial charge in [0.05, 0.1) is 22.8 Å². The second kappa shape index (κ2) is 8.88. The summed E-state index contributed by atoms with van der Waals surface area (Å²) in [6, 6.07) is 8.22. The zero-order chi connectivity index (χ0) is 25.0. The van der Waals surface area contributed by atoms with Crippen LogP contribution < -0.4 is 14.5 Å². The highest BCUT2D eigenvalue weighted by Gasteiger charge is 2.54. The summed E-state index contributed by atoms with van der Waals surface area (Å²) in [4.78, 5) is 28.9. The van der Waals surface area contributed by atoms with Gasteiger partial charge in [-0.05, 0) is 43.7 Å². The summed E-state index contributed by atoms with van der Waals surface area (Å²) >= 11 is -2.11. The van der Waals surface area contributed by atoms with Crippen LogP contribution in [-0.4, -0.2) is 69.8 Å². The number of carbonyl (C=O) groups is 1. The maximum Gasteiger partial charge on any atom is 0.237 e. The number of nitrogens with one attached hydrogen (secondary N) is 1. The first-order valence-corrected chi connectivity index (χ1v) is 13.5. The van der Waals surface area contributed by atoms with Crippen LogP contribution >= 0.6 is 0 Å². The van der Waals surface area contributed by atoms with E-state index in [2.05, 4.69) is 38.7 Å². The van der Waals surface area contributed by atoms with E-state index in [4.69, 9.17) is 4.98 Å². The van der Waals surface area contributed by atoms with E-state index < -0.39 is 16.7 Å². The molecule has 1 aromatic carbocycles. The molecule has 6 rings (SSSR count). The Morgan fingerprint density at radius 2 is 1.83 bits per heavy atom. The maximum absolute atomic E-state index is 13.2. The highest BCUT2D eigenvalue weighted by atomic mass is 32.2. The summed E-state index contributed by atoms with van der Waals surface area (Å²) in [6.45, 7) is 3.84. The number of anilines is 2. The molecule has 1 spiro atoms. The Morgan fingerprint density at radius 1 is 1.06 bits per heavy atom. The first kappa shape index (κ1) is 23.5. The van der Waals surface area contributed by atoms with Crippen LogP contribution in [-0.2, 0) is 28.0 Å². The molecule has 0 bridgehead atoms. The minimum absolute atomic E-state index is 0.173. The van der Waals surface area contributed by atoms with Gasteiger partial charge in [-0.3, -0.25) is 14.3 Å². The van der Waals surface area contributed by atoms with Gasteiger partial charge in [0.1, 0.15) is 5.82 Å². The van der Waals surface area contributed by atoms with Crippen molar-refractivity contribution in [2.24, 2.45) is 0 Å². The van der Waals surface area contributed by atoms with Gasteiger partial charge in [0.25, 0.3) is 0 Å². The molecule has 10 heteroatoms. The minimum Gasteiger partial charge on any atom is -0.354 e. The number of benzene rings is 1. The molecular formula is C26H30N6O3S. The van der Waals surface area contributed by atoms with E-state index in [0.29, 0.717) is 0 Å². The van der Waals surface area contributed by atoms with Crippen molar-refractivity contribution in [1.82, 2.24) is 19.6 Å². The molecule has 1 amide bonds. The van der Waals surface area contributed by atoms with E-state index >= 15 is 0 Å². The Labute approximate surface area is 212 Å². The first-order valence-electron chi connectivity index (χ1n) is 12.4. The largest absolute Gasteiger partial charge is 0.354 e. The number of nitrogens with zero attached hydrogens (tertiary/aromatic N) is 5. The number of fused-ring (bicyclic) bond motifs is 4. The molecule has 2 fully saturated rings. The number of likely N-dealkylation sites (N-methyl/N-ethyl adjacent to an activating group) is 2. The third-order valence-corrected chi connectivity index (χ3v) is 8.47. The van der Waals surface area contributed by atoms with Crippen LogP contribution in [0.2, 0.25) is 0 Å². The van der Waals surface area contributed by atoms with Gasteiger partial charge in [-0.1, -0.05) is 12.5 Å². The van der Waals surface area contributed by atoms with Crippen molar-refractivity contribution in [3.8, 4) is 11.1 Å². The molecule has 4 heterocycles. The van der Waals surface area contributed by atoms with Crippen LogP contribution in [0.3, 0.4) is 0 Å². The molecule has 3 aliphatic rings. The average molecular weight is 507 g/mol. The lowest BCUT2D eigenvalue weighted by atomic mass is 9.64. The van der Waals surface area contributed by atoms with Crippen LogP contribution in [0.5, 0.6) is 0 Å². The minimum atomic E-state index is -2.11. The molecule has 188 valence electrons. The molecular weight excluding hydrogens is 476 g/mol. The van der Waals surface area contributed by atoms with E-state index in [0.717, 1.165) is 90.1 Å². The molecule has 1 atom stereocenters. The van der Waals surface area contributed by atoms with Gasteiger partial charge in [0, 0.05) is 68.0 Å². The molecule has 1 aliphatic carbocycles. The van der Waals surface area contributed by atoms with Gasteiger partial charge in [0.15, 0.2) is 0 Å². The number of rotatable bonds is 5. The monoisotopic (exact) mass is 506 g/mol. The summed E-state index contributed by atoms with van der Waals surface area (Å²) in [5.41, 5.74) is 5.25. The molecule has 2 N–H and O–H groups in total. The molecule has 9 nitrogen and oxygen atoms in total. The Bertz CT molecular complexity index is 1380. The summed E-state index contributed by atoms with van der Waals surface area (Å²) in [7, 11) is 3.95. The normalized spacial score (nSPS) is 20.1. The van der Waals surface area contributed by atoms with E-state index in [1.807, 2.05) is 31.6 Å². The smallest absolute Gasteiger partial charge is 0.237 e. The van der Waals surface area contributed by atoms with Gasteiger partial charge in [-0.25, -0.2) is 13.9 Å². The number of pyridine rings is 2. The van der Waals surface area contributed by atoms with Gasteiger partial charge in [-0.15, -0.1) is 0 Å². The molecule has 2 aromatic heterocycles. The lowest BCUT2D eigenvalue weighted by molar-refractivity contribution is -0.125. The Hall–Kier alpha value is -2.92. The highest BCUT2D eigenvalue weighted by molar-refractivity contribution is 7.77. The second-order valence-corrected chi connectivity index (χ2v) is 10.9. The molecule has 3 aromatic rings. The lowest BCUT2D eigenvalue weighted by Crippen LogP contribution is -2.45. The predicted octanol–water partition coefficient (Wildman–Crippen LogP) is 2.67. The SMILES string of the molecule is CN1CCN(c2ncc(-c3ccc4ncc5c(c4c3)C3(CCC3)C(=O)N5C)cc2CNS(=O)O)CC1. The van der Waals surface area contributed by atoms with Crippen LogP contribution in [0.25, 0.3) is 22.0 Å². The number of amides is 1. The van der Waals surface area contributed by atoms with Crippen molar-refractivity contribution < 1.29 is 13.6 Å². The number of piperazine rings is 1. The number of aromatic nitrogens is 2. The lowest BCUT2D eigenvalue weighted by Gasteiger charge is -2.37. The van der Waals surface area contributed by atoms with Crippen molar-refractivity contribution in [3.05, 3.63) is 47.8 Å². The fraction of sp³-hybridized carbons (Fsp3) is 0.423. The molecule has 1 saturated heterocycles.